The fraction of sp³-hybridized carbons (Fsp3) is 0. The molecule has 1 aliphatic rings. The Labute approximate surface area is 186 Å². The third-order valence-electron chi connectivity index (χ3n) is 4.90. The summed E-state index contributed by atoms with van der Waals surface area (Å²) >= 11 is 1.24. The number of amidine groups is 1. The lowest BCUT2D eigenvalue weighted by Gasteiger charge is -2.02. The molecule has 3 aromatic carbocycles. The third-order valence-corrected chi connectivity index (χ3v) is 5.81. The van der Waals surface area contributed by atoms with Gasteiger partial charge in [0.25, 0.3) is 11.6 Å². The van der Waals surface area contributed by atoms with Crippen LogP contribution in [-0.4, -0.2) is 16.0 Å². The molecule has 7 nitrogen and oxygen atoms in total. The summed E-state index contributed by atoms with van der Waals surface area (Å²) in [5, 5.41) is 16.2. The first-order valence-electron chi connectivity index (χ1n) is 9.69. The Morgan fingerprint density at radius 2 is 1.75 bits per heavy atom. The third kappa shape index (κ3) is 3.91. The molecule has 1 amide bonds. The smallest absolute Gasteiger partial charge is 0.269 e. The van der Waals surface area contributed by atoms with Crippen LogP contribution in [0.25, 0.3) is 28.2 Å². The molecule has 1 fully saturated rings. The monoisotopic (exact) mass is 441 g/mol. The summed E-state index contributed by atoms with van der Waals surface area (Å²) in [5.41, 5.74) is 1.51. The number of aliphatic imine (C=N–C) groups is 1. The van der Waals surface area contributed by atoms with Crippen LogP contribution < -0.4 is 5.32 Å². The number of nitro groups is 1. The van der Waals surface area contributed by atoms with Gasteiger partial charge in [-0.3, -0.25) is 14.9 Å². The molecule has 0 atom stereocenters. The molecule has 2 heterocycles. The van der Waals surface area contributed by atoms with Crippen LogP contribution in [0.3, 0.4) is 0 Å². The van der Waals surface area contributed by atoms with E-state index < -0.39 is 4.92 Å². The molecule has 0 spiro atoms. The molecule has 1 N–H and O–H groups in total. The minimum absolute atomic E-state index is 0.0136. The molecule has 156 valence electrons. The van der Waals surface area contributed by atoms with E-state index in [1.807, 2.05) is 42.5 Å². The van der Waals surface area contributed by atoms with Crippen LogP contribution in [-0.2, 0) is 4.79 Å². The Hall–Kier alpha value is -4.17. The SMILES string of the molecule is O=C1NC(=Nc2cccc3ccccc23)SC1=Cc1ccc(-c2ccc([N+](=O)[O-])cc2)o1. The van der Waals surface area contributed by atoms with E-state index in [0.717, 1.165) is 16.5 Å². The molecule has 0 radical (unpaired) electrons. The largest absolute Gasteiger partial charge is 0.457 e. The van der Waals surface area contributed by atoms with Crippen LogP contribution in [0.15, 0.2) is 93.2 Å². The van der Waals surface area contributed by atoms with Gasteiger partial charge >= 0.3 is 0 Å². The van der Waals surface area contributed by atoms with Crippen molar-refractivity contribution in [2.75, 3.05) is 0 Å². The lowest BCUT2D eigenvalue weighted by molar-refractivity contribution is -0.384. The van der Waals surface area contributed by atoms with Gasteiger partial charge in [-0.15, -0.1) is 0 Å². The average Bonchev–Trinajstić information content (AvgIpc) is 3.41. The zero-order chi connectivity index (χ0) is 22.1. The second kappa shape index (κ2) is 8.16. The van der Waals surface area contributed by atoms with Gasteiger partial charge < -0.3 is 9.73 Å². The number of fused-ring (bicyclic) bond motifs is 1. The van der Waals surface area contributed by atoms with E-state index in [0.29, 0.717) is 27.2 Å². The number of nitrogens with zero attached hydrogens (tertiary/aromatic N) is 2. The molecule has 1 aliphatic heterocycles. The molecule has 1 aromatic heterocycles. The van der Waals surface area contributed by atoms with Gasteiger partial charge in [0.15, 0.2) is 5.17 Å². The van der Waals surface area contributed by atoms with Crippen molar-refractivity contribution >= 4 is 51.1 Å². The first-order valence-corrected chi connectivity index (χ1v) is 10.5. The Morgan fingerprint density at radius 1 is 0.969 bits per heavy atom. The van der Waals surface area contributed by atoms with Crippen molar-refractivity contribution in [3.63, 3.8) is 0 Å². The van der Waals surface area contributed by atoms with Crippen molar-refractivity contribution in [2.45, 2.75) is 0 Å². The molecule has 4 aromatic rings. The topological polar surface area (TPSA) is 97.7 Å². The summed E-state index contributed by atoms with van der Waals surface area (Å²) in [4.78, 5) is 27.9. The van der Waals surface area contributed by atoms with Crippen LogP contribution in [0.5, 0.6) is 0 Å². The van der Waals surface area contributed by atoms with Gasteiger partial charge in [-0.1, -0.05) is 36.4 Å². The van der Waals surface area contributed by atoms with Crippen molar-refractivity contribution in [3.05, 3.63) is 99.6 Å². The first-order chi connectivity index (χ1) is 15.6. The molecule has 1 saturated heterocycles. The zero-order valence-electron chi connectivity index (χ0n) is 16.5. The molecule has 0 unspecified atom stereocenters. The summed E-state index contributed by atoms with van der Waals surface area (Å²) in [5.74, 6) is 0.810. The van der Waals surface area contributed by atoms with Crippen LogP contribution in [0.1, 0.15) is 5.76 Å². The Balaban J connectivity index is 1.38. The number of rotatable bonds is 4. The van der Waals surface area contributed by atoms with Crippen LogP contribution in [0.2, 0.25) is 0 Å². The van der Waals surface area contributed by atoms with E-state index in [9.17, 15) is 14.9 Å². The summed E-state index contributed by atoms with van der Waals surface area (Å²) in [6.45, 7) is 0. The van der Waals surface area contributed by atoms with Crippen molar-refractivity contribution in [3.8, 4) is 11.3 Å². The quantitative estimate of drug-likeness (QED) is 0.242. The summed E-state index contributed by atoms with van der Waals surface area (Å²) < 4.78 is 5.81. The molecule has 0 aliphatic carbocycles. The van der Waals surface area contributed by atoms with E-state index >= 15 is 0 Å². The number of nitro benzene ring substituents is 1. The van der Waals surface area contributed by atoms with E-state index in [1.165, 1.54) is 23.9 Å². The van der Waals surface area contributed by atoms with E-state index in [2.05, 4.69) is 10.3 Å². The number of amides is 1. The number of carbonyl (C=O) groups is 1. The van der Waals surface area contributed by atoms with Gasteiger partial charge in [0.2, 0.25) is 0 Å². The lowest BCUT2D eigenvalue weighted by atomic mass is 10.1. The van der Waals surface area contributed by atoms with E-state index in [4.69, 9.17) is 4.42 Å². The fourth-order valence-electron chi connectivity index (χ4n) is 3.36. The summed E-state index contributed by atoms with van der Waals surface area (Å²) in [7, 11) is 0. The Bertz CT molecular complexity index is 1420. The summed E-state index contributed by atoms with van der Waals surface area (Å²) in [6, 6.07) is 23.4. The highest BCUT2D eigenvalue weighted by Crippen LogP contribution is 2.32. The maximum atomic E-state index is 12.4. The van der Waals surface area contributed by atoms with Crippen molar-refractivity contribution in [1.82, 2.24) is 5.32 Å². The number of nitrogens with one attached hydrogen (secondary N) is 1. The Kier molecular flexibility index (Phi) is 5.04. The maximum Gasteiger partial charge on any atom is 0.269 e. The number of thioether (sulfide) groups is 1. The lowest BCUT2D eigenvalue weighted by Crippen LogP contribution is -2.19. The summed E-state index contributed by atoms with van der Waals surface area (Å²) in [6.07, 6.45) is 1.65. The number of hydrogen-bond acceptors (Lipinski definition) is 6. The van der Waals surface area contributed by atoms with Crippen LogP contribution in [0.4, 0.5) is 11.4 Å². The normalized spacial score (nSPS) is 16.1. The standard InChI is InChI=1S/C24H15N3O4S/c28-23-22(14-18-12-13-21(31-18)16-8-10-17(11-9-16)27(29)30)32-24(26-23)25-20-7-3-5-15-4-1-2-6-19(15)20/h1-14H,(H,25,26,28). The van der Waals surface area contributed by atoms with Crippen molar-refractivity contribution < 1.29 is 14.1 Å². The fourth-order valence-corrected chi connectivity index (χ4v) is 4.17. The minimum atomic E-state index is -0.449. The van der Waals surface area contributed by atoms with Gasteiger partial charge in [-0.2, -0.15) is 0 Å². The van der Waals surface area contributed by atoms with Gasteiger partial charge in [0, 0.05) is 29.2 Å². The van der Waals surface area contributed by atoms with Gasteiger partial charge in [-0.05, 0) is 47.5 Å². The highest BCUT2D eigenvalue weighted by Gasteiger charge is 2.24. The number of furan rings is 1. The van der Waals surface area contributed by atoms with Gasteiger partial charge in [0.1, 0.15) is 11.5 Å². The van der Waals surface area contributed by atoms with Gasteiger partial charge in [-0.25, -0.2) is 4.99 Å². The number of benzene rings is 3. The zero-order valence-corrected chi connectivity index (χ0v) is 17.3. The molecule has 0 bridgehead atoms. The molecular weight excluding hydrogens is 426 g/mol. The molecular formula is C24H15N3O4S. The van der Waals surface area contributed by atoms with E-state index in [-0.39, 0.29) is 11.6 Å². The van der Waals surface area contributed by atoms with Crippen LogP contribution in [0, 0.1) is 10.1 Å². The molecule has 8 heteroatoms. The number of hydrogen-bond donors (Lipinski definition) is 1. The maximum absolute atomic E-state index is 12.4. The second-order valence-electron chi connectivity index (χ2n) is 6.99. The van der Waals surface area contributed by atoms with Crippen molar-refractivity contribution in [2.24, 2.45) is 4.99 Å². The predicted octanol–water partition coefficient (Wildman–Crippen LogP) is 5.90. The second-order valence-corrected chi connectivity index (χ2v) is 8.02. The van der Waals surface area contributed by atoms with Crippen molar-refractivity contribution in [1.29, 1.82) is 0 Å². The van der Waals surface area contributed by atoms with Crippen LogP contribution >= 0.6 is 11.8 Å². The number of non-ortho nitro benzene ring substituents is 1. The predicted molar refractivity (Wildman–Crippen MR) is 126 cm³/mol. The highest BCUT2D eigenvalue weighted by molar-refractivity contribution is 8.18. The molecule has 32 heavy (non-hydrogen) atoms. The minimum Gasteiger partial charge on any atom is -0.457 e. The number of carbonyl (C=O) groups excluding carboxylic acids is 1. The van der Waals surface area contributed by atoms with E-state index in [1.54, 1.807) is 30.3 Å². The Morgan fingerprint density at radius 3 is 2.56 bits per heavy atom. The average molecular weight is 441 g/mol. The first kappa shape index (κ1) is 19.8. The highest BCUT2D eigenvalue weighted by atomic mass is 32.2. The van der Waals surface area contributed by atoms with Gasteiger partial charge in [0.05, 0.1) is 15.5 Å². The molecule has 5 rings (SSSR count). The molecule has 0 saturated carbocycles.